The highest BCUT2D eigenvalue weighted by atomic mass is 19.2. The summed E-state index contributed by atoms with van der Waals surface area (Å²) in [6.45, 7) is 5.12. The molecule has 64 heavy (non-hydrogen) atoms. The summed E-state index contributed by atoms with van der Waals surface area (Å²) >= 11 is 0. The van der Waals surface area contributed by atoms with E-state index in [-0.39, 0.29) is 11.5 Å². The van der Waals surface area contributed by atoms with Crippen molar-refractivity contribution in [3.63, 3.8) is 0 Å². The van der Waals surface area contributed by atoms with Gasteiger partial charge in [0.15, 0.2) is 23.1 Å². The van der Waals surface area contributed by atoms with E-state index in [1.165, 1.54) is 33.4 Å². The molecule has 0 aliphatic heterocycles. The van der Waals surface area contributed by atoms with Crippen molar-refractivity contribution in [3.05, 3.63) is 143 Å². The molecule has 0 atom stereocenters. The molecule has 0 unspecified atom stereocenters. The number of benzene rings is 5. The molecule has 2 aliphatic rings. The summed E-state index contributed by atoms with van der Waals surface area (Å²) in [7, 11) is 0. The van der Waals surface area contributed by atoms with Crippen molar-refractivity contribution in [2.24, 2.45) is 11.8 Å². The third-order valence-electron chi connectivity index (χ3n) is 14.4. The van der Waals surface area contributed by atoms with Crippen molar-refractivity contribution in [1.29, 1.82) is 0 Å². The van der Waals surface area contributed by atoms with Crippen LogP contribution in [0.25, 0.3) is 22.3 Å². The molecule has 2 fully saturated rings. The Morgan fingerprint density at radius 1 is 0.422 bits per heavy atom. The highest BCUT2D eigenvalue weighted by Crippen LogP contribution is 2.41. The summed E-state index contributed by atoms with van der Waals surface area (Å²) in [4.78, 5) is 0. The Labute approximate surface area is 381 Å². The fourth-order valence-corrected chi connectivity index (χ4v) is 10.2. The Bertz CT molecular complexity index is 2030. The molecule has 6 heteroatoms. The minimum Gasteiger partial charge on any atom is -0.490 e. The van der Waals surface area contributed by atoms with Crippen molar-refractivity contribution in [2.75, 3.05) is 13.2 Å². The maximum atomic E-state index is 14.9. The summed E-state index contributed by atoms with van der Waals surface area (Å²) in [5, 5.41) is 0. The first-order chi connectivity index (χ1) is 31.3. The average Bonchev–Trinajstić information content (AvgIpc) is 3.34. The zero-order valence-corrected chi connectivity index (χ0v) is 38.4. The Hall–Kier alpha value is -4.58. The lowest BCUT2D eigenvalue weighted by molar-refractivity contribution is 0.283. The molecule has 2 saturated carbocycles. The third kappa shape index (κ3) is 12.8. The van der Waals surface area contributed by atoms with Crippen LogP contribution in [0.3, 0.4) is 0 Å². The zero-order chi connectivity index (χ0) is 44.7. The molecule has 2 nitrogen and oxygen atoms in total. The van der Waals surface area contributed by atoms with Gasteiger partial charge in [-0.05, 0) is 176 Å². The molecule has 2 aliphatic carbocycles. The molecule has 0 radical (unpaired) electrons. The largest absolute Gasteiger partial charge is 0.490 e. The van der Waals surface area contributed by atoms with E-state index in [1.54, 1.807) is 24.3 Å². The summed E-state index contributed by atoms with van der Waals surface area (Å²) in [6, 6.07) is 33.6. The predicted octanol–water partition coefficient (Wildman–Crippen LogP) is 17.3. The first kappa shape index (κ1) is 47.4. The third-order valence-corrected chi connectivity index (χ3v) is 14.4. The molecule has 7 rings (SSSR count). The number of hydrogen-bond acceptors (Lipinski definition) is 2. The molecule has 5 aromatic rings. The van der Waals surface area contributed by atoms with E-state index in [4.69, 9.17) is 9.47 Å². The Balaban J connectivity index is 0.841. The Morgan fingerprint density at radius 2 is 0.828 bits per heavy atom. The average molecular weight is 875 g/mol. The second-order valence-corrected chi connectivity index (χ2v) is 18.9. The Kier molecular flexibility index (Phi) is 17.8. The van der Waals surface area contributed by atoms with Crippen LogP contribution in [0.2, 0.25) is 0 Å². The van der Waals surface area contributed by atoms with Gasteiger partial charge >= 0.3 is 0 Å². The van der Waals surface area contributed by atoms with E-state index in [0.717, 1.165) is 116 Å². The zero-order valence-electron chi connectivity index (χ0n) is 38.4. The van der Waals surface area contributed by atoms with Crippen molar-refractivity contribution in [1.82, 2.24) is 0 Å². The van der Waals surface area contributed by atoms with Gasteiger partial charge in [-0.2, -0.15) is 8.78 Å². The molecule has 0 spiro atoms. The van der Waals surface area contributed by atoms with Gasteiger partial charge in [0.1, 0.15) is 0 Å². The maximum Gasteiger partial charge on any atom is 0.200 e. The molecule has 0 amide bonds. The number of halogens is 4. The molecule has 5 aromatic carbocycles. The van der Waals surface area contributed by atoms with Crippen LogP contribution in [0.5, 0.6) is 11.5 Å². The van der Waals surface area contributed by atoms with Crippen LogP contribution < -0.4 is 9.47 Å². The monoisotopic (exact) mass is 875 g/mol. The van der Waals surface area contributed by atoms with E-state index in [0.29, 0.717) is 60.9 Å². The van der Waals surface area contributed by atoms with Gasteiger partial charge in [0.2, 0.25) is 11.6 Å². The summed E-state index contributed by atoms with van der Waals surface area (Å²) in [6.07, 6.45) is 20.0. The van der Waals surface area contributed by atoms with Crippen molar-refractivity contribution < 1.29 is 27.0 Å². The lowest BCUT2D eigenvalue weighted by atomic mass is 9.76. The number of unbranched alkanes of at least 4 members (excludes halogenated alkanes) is 6. The van der Waals surface area contributed by atoms with E-state index >= 15 is 0 Å². The SMILES string of the molecule is CCCCCCOc1ccc(CCC2CCC(c3ccc(-c4cccc(-c5ccc(C6CCC(CCc7ccc(OCCCCCC)c(F)c7F)CC6)cc5)c4)cc3)CC2)c(F)c1F. The normalized spacial score (nSPS) is 18.8. The molecular formula is C58H70F4O2. The second-order valence-electron chi connectivity index (χ2n) is 18.9. The smallest absolute Gasteiger partial charge is 0.200 e. The summed E-state index contributed by atoms with van der Waals surface area (Å²) in [5.74, 6) is -1.04. The topological polar surface area (TPSA) is 18.5 Å². The molecule has 0 heterocycles. The fraction of sp³-hybridized carbons (Fsp3) is 0.483. The van der Waals surface area contributed by atoms with Crippen LogP contribution in [0.4, 0.5) is 17.6 Å². The maximum absolute atomic E-state index is 14.9. The summed E-state index contributed by atoms with van der Waals surface area (Å²) in [5.41, 5.74) is 8.50. The Morgan fingerprint density at radius 3 is 1.22 bits per heavy atom. The number of aryl methyl sites for hydroxylation is 2. The lowest BCUT2D eigenvalue weighted by Gasteiger charge is -2.29. The first-order valence-corrected chi connectivity index (χ1v) is 24.8. The van der Waals surface area contributed by atoms with Crippen LogP contribution in [0.15, 0.2) is 97.1 Å². The summed E-state index contributed by atoms with van der Waals surface area (Å²) < 4.78 is 70.4. The number of hydrogen-bond donors (Lipinski definition) is 0. The van der Waals surface area contributed by atoms with Gasteiger partial charge in [-0.25, -0.2) is 8.78 Å². The highest BCUT2D eigenvalue weighted by Gasteiger charge is 2.25. The number of ether oxygens (including phenoxy) is 2. The van der Waals surface area contributed by atoms with Gasteiger partial charge in [-0.1, -0.05) is 131 Å². The van der Waals surface area contributed by atoms with Gasteiger partial charge in [0.05, 0.1) is 13.2 Å². The number of rotatable bonds is 22. The lowest BCUT2D eigenvalue weighted by Crippen LogP contribution is -2.14. The molecule has 0 bridgehead atoms. The first-order valence-electron chi connectivity index (χ1n) is 24.8. The van der Waals surface area contributed by atoms with E-state index in [1.807, 2.05) is 0 Å². The minimum atomic E-state index is -0.849. The van der Waals surface area contributed by atoms with Crippen LogP contribution in [-0.2, 0) is 12.8 Å². The molecular weight excluding hydrogens is 805 g/mol. The quantitative estimate of drug-likeness (QED) is 0.0509. The second kappa shape index (κ2) is 24.1. The van der Waals surface area contributed by atoms with Gasteiger partial charge in [0.25, 0.3) is 0 Å². The van der Waals surface area contributed by atoms with Crippen LogP contribution in [0, 0.1) is 35.1 Å². The van der Waals surface area contributed by atoms with Crippen LogP contribution in [-0.4, -0.2) is 13.2 Å². The van der Waals surface area contributed by atoms with E-state index < -0.39 is 23.3 Å². The molecule has 0 N–H and O–H groups in total. The molecule has 0 saturated heterocycles. The van der Waals surface area contributed by atoms with Crippen LogP contribution in [0.1, 0.15) is 164 Å². The highest BCUT2D eigenvalue weighted by molar-refractivity contribution is 5.73. The van der Waals surface area contributed by atoms with E-state index in [9.17, 15) is 17.6 Å². The van der Waals surface area contributed by atoms with Crippen molar-refractivity contribution >= 4 is 0 Å². The van der Waals surface area contributed by atoms with Crippen molar-refractivity contribution in [3.8, 4) is 33.8 Å². The van der Waals surface area contributed by atoms with Gasteiger partial charge in [0, 0.05) is 0 Å². The van der Waals surface area contributed by atoms with Crippen LogP contribution >= 0.6 is 0 Å². The predicted molar refractivity (Wildman–Crippen MR) is 255 cm³/mol. The van der Waals surface area contributed by atoms with E-state index in [2.05, 4.69) is 86.6 Å². The van der Waals surface area contributed by atoms with Gasteiger partial charge in [-0.3, -0.25) is 0 Å². The fourth-order valence-electron chi connectivity index (χ4n) is 10.2. The molecule has 342 valence electrons. The van der Waals surface area contributed by atoms with Crippen molar-refractivity contribution in [2.45, 2.75) is 154 Å². The van der Waals surface area contributed by atoms with Gasteiger partial charge in [-0.15, -0.1) is 0 Å². The minimum absolute atomic E-state index is 0.0279. The molecule has 0 aromatic heterocycles. The standard InChI is InChI=1S/C58H70F4O2/c1-3-5-7-9-38-63-53-36-34-49(55(59)57(53)61)24-18-41-14-20-43(21-15-41)45-26-30-47(31-27-45)51-12-11-13-52(40-51)48-32-28-46(29-33-48)44-22-16-42(17-23-44)19-25-50-35-37-54(58(62)56(50)60)64-39-10-8-6-4-2/h11-13,26-37,40-44H,3-10,14-25,38-39H2,1-2H3. The van der Waals surface area contributed by atoms with Gasteiger partial charge < -0.3 is 9.47 Å².